The molecule has 2 amide bonds. The Hall–Kier alpha value is -2.67. The maximum atomic E-state index is 12.3. The molecule has 2 heterocycles. The quantitative estimate of drug-likeness (QED) is 0.651. The molecule has 1 aliphatic heterocycles. The monoisotopic (exact) mass is 327 g/mol. The van der Waals surface area contributed by atoms with Gasteiger partial charge in [0, 0.05) is 49.4 Å². The van der Waals surface area contributed by atoms with Crippen LogP contribution in [0.5, 0.6) is 0 Å². The second kappa shape index (κ2) is 7.27. The summed E-state index contributed by atoms with van der Waals surface area (Å²) in [5, 5.41) is 16.0. The molecular weight excluding hydrogens is 306 g/mol. The van der Waals surface area contributed by atoms with E-state index < -0.39 is 0 Å². The van der Waals surface area contributed by atoms with E-state index in [0.717, 1.165) is 29.8 Å². The van der Waals surface area contributed by atoms with E-state index in [0.29, 0.717) is 30.9 Å². The Bertz CT molecular complexity index is 736. The molecular formula is C17H21N5O2. The first-order valence-corrected chi connectivity index (χ1v) is 8.11. The molecule has 3 rings (SSSR count). The zero-order valence-electron chi connectivity index (χ0n) is 13.6. The topological polar surface area (TPSA) is 98.9 Å². The number of aromatic nitrogens is 2. The lowest BCUT2D eigenvalue weighted by atomic mass is 10.1. The summed E-state index contributed by atoms with van der Waals surface area (Å²) in [4.78, 5) is 24.0. The highest BCUT2D eigenvalue weighted by atomic mass is 16.2. The largest absolute Gasteiger partial charge is 0.352 e. The van der Waals surface area contributed by atoms with Gasteiger partial charge in [-0.1, -0.05) is 12.1 Å². The lowest BCUT2D eigenvalue weighted by molar-refractivity contribution is 0.0939. The van der Waals surface area contributed by atoms with Crippen LogP contribution in [-0.2, 0) is 19.5 Å². The highest BCUT2D eigenvalue weighted by molar-refractivity contribution is 5.94. The van der Waals surface area contributed by atoms with Gasteiger partial charge in [-0.25, -0.2) is 0 Å². The Morgan fingerprint density at radius 2 is 1.96 bits per heavy atom. The van der Waals surface area contributed by atoms with Gasteiger partial charge in [0.1, 0.15) is 0 Å². The van der Waals surface area contributed by atoms with Crippen molar-refractivity contribution in [2.24, 2.45) is 0 Å². The highest BCUT2D eigenvalue weighted by Gasteiger charge is 2.21. The molecule has 0 aliphatic carbocycles. The van der Waals surface area contributed by atoms with Gasteiger partial charge in [0.05, 0.1) is 0 Å². The molecule has 126 valence electrons. The zero-order valence-corrected chi connectivity index (χ0v) is 13.6. The maximum absolute atomic E-state index is 12.3. The van der Waals surface area contributed by atoms with Crippen LogP contribution in [0.25, 0.3) is 0 Å². The first kappa shape index (κ1) is 16.2. The Balaban J connectivity index is 1.60. The fourth-order valence-electron chi connectivity index (χ4n) is 2.72. The minimum Gasteiger partial charge on any atom is -0.352 e. The predicted molar refractivity (Wildman–Crippen MR) is 89.6 cm³/mol. The third-order valence-corrected chi connectivity index (χ3v) is 4.03. The van der Waals surface area contributed by atoms with Gasteiger partial charge in [-0.15, -0.1) is 0 Å². The third-order valence-electron chi connectivity index (χ3n) is 4.03. The number of aromatic amines is 1. The summed E-state index contributed by atoms with van der Waals surface area (Å²) >= 11 is 0. The number of hydrogen-bond donors (Lipinski definition) is 4. The first-order valence-electron chi connectivity index (χ1n) is 8.11. The molecule has 0 unspecified atom stereocenters. The van der Waals surface area contributed by atoms with E-state index in [1.54, 1.807) is 12.1 Å². The summed E-state index contributed by atoms with van der Waals surface area (Å²) < 4.78 is 0. The number of amides is 2. The van der Waals surface area contributed by atoms with Gasteiger partial charge in [-0.2, -0.15) is 5.10 Å². The number of H-pyrrole nitrogens is 1. The van der Waals surface area contributed by atoms with Crippen molar-refractivity contribution in [3.05, 3.63) is 52.3 Å². The van der Waals surface area contributed by atoms with Crippen LogP contribution in [0.15, 0.2) is 24.3 Å². The van der Waals surface area contributed by atoms with Crippen LogP contribution in [-0.4, -0.2) is 35.1 Å². The normalized spacial score (nSPS) is 13.2. The maximum Gasteiger partial charge on any atom is 0.272 e. The van der Waals surface area contributed by atoms with Crippen molar-refractivity contribution < 1.29 is 9.59 Å². The van der Waals surface area contributed by atoms with Crippen LogP contribution < -0.4 is 16.0 Å². The van der Waals surface area contributed by atoms with Crippen molar-refractivity contribution in [3.8, 4) is 0 Å². The van der Waals surface area contributed by atoms with Crippen LogP contribution >= 0.6 is 0 Å². The Labute approximate surface area is 140 Å². The van der Waals surface area contributed by atoms with Crippen molar-refractivity contribution in [2.75, 3.05) is 13.1 Å². The molecule has 0 radical (unpaired) electrons. The summed E-state index contributed by atoms with van der Waals surface area (Å²) in [6.45, 7) is 4.43. The summed E-state index contributed by atoms with van der Waals surface area (Å²) in [7, 11) is 0. The van der Waals surface area contributed by atoms with Crippen molar-refractivity contribution >= 4 is 11.8 Å². The average molecular weight is 327 g/mol. The number of nitrogens with one attached hydrogen (secondary N) is 4. The van der Waals surface area contributed by atoms with E-state index in [1.807, 2.05) is 19.1 Å². The standard InChI is InChI=1S/C17H21N5O2/c1-2-19-16(23)12-5-3-11(4-6-12)9-20-17(24)15-13-10-18-8-7-14(13)21-22-15/h3-6,18H,2,7-10H2,1H3,(H,19,23)(H,20,24)(H,21,22). The van der Waals surface area contributed by atoms with Gasteiger partial charge in [-0.3, -0.25) is 14.7 Å². The molecule has 0 bridgehead atoms. The molecule has 1 aromatic carbocycles. The molecule has 0 atom stereocenters. The van der Waals surface area contributed by atoms with E-state index in [9.17, 15) is 9.59 Å². The van der Waals surface area contributed by atoms with E-state index in [-0.39, 0.29) is 11.8 Å². The van der Waals surface area contributed by atoms with Gasteiger partial charge in [0.2, 0.25) is 0 Å². The van der Waals surface area contributed by atoms with Crippen LogP contribution in [0.4, 0.5) is 0 Å². The van der Waals surface area contributed by atoms with Crippen LogP contribution in [0, 0.1) is 0 Å². The van der Waals surface area contributed by atoms with E-state index in [4.69, 9.17) is 0 Å². The van der Waals surface area contributed by atoms with Crippen LogP contribution in [0.2, 0.25) is 0 Å². The first-order chi connectivity index (χ1) is 11.7. The molecule has 0 saturated heterocycles. The summed E-state index contributed by atoms with van der Waals surface area (Å²) in [6.07, 6.45) is 0.858. The minimum atomic E-state index is -0.191. The minimum absolute atomic E-state index is 0.0938. The number of fused-ring (bicyclic) bond motifs is 1. The zero-order chi connectivity index (χ0) is 16.9. The fourth-order valence-corrected chi connectivity index (χ4v) is 2.72. The number of nitrogens with zero attached hydrogens (tertiary/aromatic N) is 1. The van der Waals surface area contributed by atoms with Crippen molar-refractivity contribution in [2.45, 2.75) is 26.4 Å². The van der Waals surface area contributed by atoms with E-state index >= 15 is 0 Å². The van der Waals surface area contributed by atoms with Crippen LogP contribution in [0.3, 0.4) is 0 Å². The molecule has 2 aromatic rings. The Morgan fingerprint density at radius 3 is 2.71 bits per heavy atom. The second-order valence-electron chi connectivity index (χ2n) is 5.70. The molecule has 7 heteroatoms. The summed E-state index contributed by atoms with van der Waals surface area (Å²) in [5.41, 5.74) is 3.98. The molecule has 0 fully saturated rings. The lowest BCUT2D eigenvalue weighted by Crippen LogP contribution is -2.28. The summed E-state index contributed by atoms with van der Waals surface area (Å²) in [6, 6.07) is 7.19. The molecule has 0 saturated carbocycles. The Morgan fingerprint density at radius 1 is 1.17 bits per heavy atom. The molecule has 0 spiro atoms. The van der Waals surface area contributed by atoms with Crippen molar-refractivity contribution in [3.63, 3.8) is 0 Å². The van der Waals surface area contributed by atoms with E-state index in [1.165, 1.54) is 0 Å². The predicted octanol–water partition coefficient (Wildman–Crippen LogP) is 0.735. The smallest absolute Gasteiger partial charge is 0.272 e. The molecule has 4 N–H and O–H groups in total. The van der Waals surface area contributed by atoms with Gasteiger partial charge >= 0.3 is 0 Å². The second-order valence-corrected chi connectivity index (χ2v) is 5.70. The molecule has 7 nitrogen and oxygen atoms in total. The summed E-state index contributed by atoms with van der Waals surface area (Å²) in [5.74, 6) is -0.285. The van der Waals surface area contributed by atoms with Gasteiger partial charge in [-0.05, 0) is 24.6 Å². The molecule has 1 aliphatic rings. The number of rotatable bonds is 5. The van der Waals surface area contributed by atoms with Crippen molar-refractivity contribution in [1.82, 2.24) is 26.1 Å². The SMILES string of the molecule is CCNC(=O)c1ccc(CNC(=O)c2n[nH]c3c2CNCC3)cc1. The molecule has 1 aromatic heterocycles. The lowest BCUT2D eigenvalue weighted by Gasteiger charge is -2.13. The average Bonchev–Trinajstić information content (AvgIpc) is 3.04. The molecule has 24 heavy (non-hydrogen) atoms. The Kier molecular flexibility index (Phi) is 4.90. The number of carbonyl (C=O) groups excluding carboxylic acids is 2. The van der Waals surface area contributed by atoms with Crippen LogP contribution in [0.1, 0.15) is 44.6 Å². The van der Waals surface area contributed by atoms with Crippen molar-refractivity contribution in [1.29, 1.82) is 0 Å². The van der Waals surface area contributed by atoms with Gasteiger partial charge in [0.25, 0.3) is 11.8 Å². The van der Waals surface area contributed by atoms with Gasteiger partial charge < -0.3 is 16.0 Å². The third kappa shape index (κ3) is 3.46. The van der Waals surface area contributed by atoms with E-state index in [2.05, 4.69) is 26.1 Å². The van der Waals surface area contributed by atoms with Gasteiger partial charge in [0.15, 0.2) is 5.69 Å². The fraction of sp³-hybridized carbons (Fsp3) is 0.353. The number of hydrogen-bond acceptors (Lipinski definition) is 4. The highest BCUT2D eigenvalue weighted by Crippen LogP contribution is 2.15. The number of benzene rings is 1. The number of carbonyl (C=O) groups is 2.